The number of fused-ring (bicyclic) bond motifs is 1. The SMILES string of the molecule is CCCc1nc2s/c(=C\c3ccccc3OCC(=O)Nc3ccc(C)cc3)c(=O)n2n1. The van der Waals surface area contributed by atoms with Gasteiger partial charge in [-0.2, -0.15) is 4.52 Å². The summed E-state index contributed by atoms with van der Waals surface area (Å²) in [6, 6.07) is 14.8. The quantitative estimate of drug-likeness (QED) is 0.483. The number of carbonyl (C=O) groups is 1. The summed E-state index contributed by atoms with van der Waals surface area (Å²) in [6.07, 6.45) is 3.41. The molecule has 0 atom stereocenters. The van der Waals surface area contributed by atoms with Crippen molar-refractivity contribution >= 4 is 34.0 Å². The maximum absolute atomic E-state index is 12.7. The molecule has 0 aliphatic rings. The third kappa shape index (κ3) is 4.80. The lowest BCUT2D eigenvalue weighted by Gasteiger charge is -2.09. The fourth-order valence-electron chi connectivity index (χ4n) is 3.05. The number of hydrogen-bond acceptors (Lipinski definition) is 6. The molecule has 8 heteroatoms. The van der Waals surface area contributed by atoms with Gasteiger partial charge in [0.15, 0.2) is 12.4 Å². The van der Waals surface area contributed by atoms with Crippen molar-refractivity contribution in [2.75, 3.05) is 11.9 Å². The first-order valence-corrected chi connectivity index (χ1v) is 10.8. The van der Waals surface area contributed by atoms with E-state index in [0.717, 1.165) is 18.4 Å². The number of nitrogens with zero attached hydrogens (tertiary/aromatic N) is 3. The van der Waals surface area contributed by atoms with Crippen LogP contribution < -0.4 is 20.1 Å². The zero-order valence-electron chi connectivity index (χ0n) is 17.3. The van der Waals surface area contributed by atoms with Gasteiger partial charge >= 0.3 is 0 Å². The second kappa shape index (κ2) is 9.09. The van der Waals surface area contributed by atoms with E-state index in [1.165, 1.54) is 15.9 Å². The van der Waals surface area contributed by atoms with E-state index in [2.05, 4.69) is 15.4 Å². The van der Waals surface area contributed by atoms with Crippen molar-refractivity contribution in [2.45, 2.75) is 26.7 Å². The summed E-state index contributed by atoms with van der Waals surface area (Å²) < 4.78 is 7.59. The second-order valence-corrected chi connectivity index (χ2v) is 8.14. The molecule has 158 valence electrons. The number of ether oxygens (including phenoxy) is 1. The first kappa shape index (κ1) is 20.7. The Kier molecular flexibility index (Phi) is 6.08. The van der Waals surface area contributed by atoms with Crippen LogP contribution in [-0.4, -0.2) is 27.1 Å². The molecule has 0 spiro atoms. The number of thiazole rings is 1. The molecule has 2 aromatic heterocycles. The van der Waals surface area contributed by atoms with Crippen molar-refractivity contribution in [3.63, 3.8) is 0 Å². The van der Waals surface area contributed by atoms with Crippen molar-refractivity contribution in [3.05, 3.63) is 80.4 Å². The highest BCUT2D eigenvalue weighted by Crippen LogP contribution is 2.19. The van der Waals surface area contributed by atoms with E-state index in [0.29, 0.717) is 32.3 Å². The maximum Gasteiger partial charge on any atom is 0.291 e. The third-order valence-electron chi connectivity index (χ3n) is 4.60. The number of carbonyl (C=O) groups excluding carboxylic acids is 1. The Bertz CT molecular complexity index is 1330. The summed E-state index contributed by atoms with van der Waals surface area (Å²) >= 11 is 1.29. The molecule has 4 aromatic rings. The molecule has 0 saturated carbocycles. The minimum absolute atomic E-state index is 0.140. The standard InChI is InChI=1S/C23H22N4O3S/c1-3-6-20-25-23-27(26-20)22(29)19(31-23)13-16-7-4-5-8-18(16)30-14-21(28)24-17-11-9-15(2)10-12-17/h4-5,7-13H,3,6,14H2,1-2H3,(H,24,28)/b19-13-. The molecule has 4 rings (SSSR count). The average Bonchev–Trinajstić information content (AvgIpc) is 3.28. The van der Waals surface area contributed by atoms with E-state index in [9.17, 15) is 9.59 Å². The first-order valence-electron chi connectivity index (χ1n) is 10.0. The Morgan fingerprint density at radius 3 is 2.71 bits per heavy atom. The maximum atomic E-state index is 12.7. The van der Waals surface area contributed by atoms with Crippen LogP contribution in [0.15, 0.2) is 53.3 Å². The predicted octanol–water partition coefficient (Wildman–Crippen LogP) is 2.98. The number of nitrogens with one attached hydrogen (secondary N) is 1. The monoisotopic (exact) mass is 434 g/mol. The molecule has 0 fully saturated rings. The molecule has 31 heavy (non-hydrogen) atoms. The summed E-state index contributed by atoms with van der Waals surface area (Å²) in [5.74, 6) is 0.942. The smallest absolute Gasteiger partial charge is 0.291 e. The lowest BCUT2D eigenvalue weighted by Crippen LogP contribution is -2.24. The number of para-hydroxylation sites is 1. The van der Waals surface area contributed by atoms with Crippen LogP contribution in [0.4, 0.5) is 5.69 Å². The normalized spacial score (nSPS) is 11.7. The van der Waals surface area contributed by atoms with Crippen LogP contribution in [0.2, 0.25) is 0 Å². The van der Waals surface area contributed by atoms with Crippen LogP contribution in [0.5, 0.6) is 5.75 Å². The lowest BCUT2D eigenvalue weighted by molar-refractivity contribution is -0.118. The molecular weight excluding hydrogens is 412 g/mol. The molecule has 0 saturated heterocycles. The van der Waals surface area contributed by atoms with Gasteiger partial charge in [0.25, 0.3) is 11.5 Å². The van der Waals surface area contributed by atoms with Gasteiger partial charge in [-0.3, -0.25) is 9.59 Å². The minimum Gasteiger partial charge on any atom is -0.483 e. The van der Waals surface area contributed by atoms with Crippen LogP contribution in [0.3, 0.4) is 0 Å². The highest BCUT2D eigenvalue weighted by Gasteiger charge is 2.11. The predicted molar refractivity (Wildman–Crippen MR) is 122 cm³/mol. The number of hydrogen-bond donors (Lipinski definition) is 1. The van der Waals surface area contributed by atoms with Gasteiger partial charge in [-0.05, 0) is 37.6 Å². The Hall–Kier alpha value is -3.52. The van der Waals surface area contributed by atoms with Crippen molar-refractivity contribution in [1.82, 2.24) is 14.6 Å². The van der Waals surface area contributed by atoms with Crippen LogP contribution in [0, 0.1) is 6.92 Å². The number of anilines is 1. The van der Waals surface area contributed by atoms with Crippen molar-refractivity contribution in [3.8, 4) is 5.75 Å². The van der Waals surface area contributed by atoms with Crippen LogP contribution in [0.25, 0.3) is 11.0 Å². The second-order valence-electron chi connectivity index (χ2n) is 7.13. The molecule has 1 N–H and O–H groups in total. The number of aryl methyl sites for hydroxylation is 2. The number of amides is 1. The summed E-state index contributed by atoms with van der Waals surface area (Å²) in [4.78, 5) is 29.9. The molecule has 0 radical (unpaired) electrons. The third-order valence-corrected chi connectivity index (χ3v) is 5.56. The Morgan fingerprint density at radius 1 is 1.19 bits per heavy atom. The Morgan fingerprint density at radius 2 is 1.97 bits per heavy atom. The zero-order chi connectivity index (χ0) is 21.8. The minimum atomic E-state index is -0.259. The highest BCUT2D eigenvalue weighted by molar-refractivity contribution is 7.15. The van der Waals surface area contributed by atoms with Crippen molar-refractivity contribution in [2.24, 2.45) is 0 Å². The molecule has 0 aliphatic heterocycles. The fourth-order valence-corrected chi connectivity index (χ4v) is 3.97. The highest BCUT2D eigenvalue weighted by atomic mass is 32.1. The van der Waals surface area contributed by atoms with Crippen LogP contribution >= 0.6 is 11.3 Å². The van der Waals surface area contributed by atoms with Crippen molar-refractivity contribution < 1.29 is 9.53 Å². The summed E-state index contributed by atoms with van der Waals surface area (Å²) in [5, 5.41) is 7.10. The van der Waals surface area contributed by atoms with Gasteiger partial charge in [-0.25, -0.2) is 4.98 Å². The van der Waals surface area contributed by atoms with Crippen LogP contribution in [0.1, 0.15) is 30.3 Å². The Balaban J connectivity index is 1.52. The molecule has 2 aromatic carbocycles. The molecule has 2 heterocycles. The van der Waals surface area contributed by atoms with Crippen molar-refractivity contribution in [1.29, 1.82) is 0 Å². The topological polar surface area (TPSA) is 85.6 Å². The molecular formula is C23H22N4O3S. The van der Waals surface area contributed by atoms with E-state index < -0.39 is 0 Å². The van der Waals surface area contributed by atoms with Gasteiger partial charge in [-0.15, -0.1) is 5.10 Å². The summed E-state index contributed by atoms with van der Waals surface area (Å²) in [6.45, 7) is 3.89. The Labute approximate surface area is 183 Å². The molecule has 0 aliphatic carbocycles. The summed E-state index contributed by atoms with van der Waals surface area (Å²) in [5.41, 5.74) is 2.34. The molecule has 0 bridgehead atoms. The molecule has 1 amide bonds. The van der Waals surface area contributed by atoms with Gasteiger partial charge in [0.05, 0.1) is 4.53 Å². The van der Waals surface area contributed by atoms with Gasteiger partial charge in [0.1, 0.15) is 5.75 Å². The average molecular weight is 435 g/mol. The number of rotatable bonds is 7. The molecule has 7 nitrogen and oxygen atoms in total. The molecule has 0 unspecified atom stereocenters. The van der Waals surface area contributed by atoms with Gasteiger partial charge in [0, 0.05) is 17.7 Å². The van der Waals surface area contributed by atoms with E-state index in [-0.39, 0.29) is 18.1 Å². The number of aromatic nitrogens is 3. The van der Waals surface area contributed by atoms with E-state index in [4.69, 9.17) is 4.74 Å². The zero-order valence-corrected chi connectivity index (χ0v) is 18.1. The van der Waals surface area contributed by atoms with Crippen LogP contribution in [-0.2, 0) is 11.2 Å². The van der Waals surface area contributed by atoms with E-state index in [1.807, 2.05) is 56.3 Å². The summed E-state index contributed by atoms with van der Waals surface area (Å²) in [7, 11) is 0. The van der Waals surface area contributed by atoms with E-state index in [1.54, 1.807) is 12.1 Å². The largest absolute Gasteiger partial charge is 0.483 e. The lowest BCUT2D eigenvalue weighted by atomic mass is 10.2. The van der Waals surface area contributed by atoms with E-state index >= 15 is 0 Å². The number of benzene rings is 2. The first-order chi connectivity index (χ1) is 15.0. The van der Waals surface area contributed by atoms with Gasteiger partial charge < -0.3 is 10.1 Å². The fraction of sp³-hybridized carbons (Fsp3) is 0.217. The van der Waals surface area contributed by atoms with Gasteiger partial charge in [-0.1, -0.05) is 54.2 Å². The van der Waals surface area contributed by atoms with Gasteiger partial charge in [0.2, 0.25) is 4.96 Å².